The van der Waals surface area contributed by atoms with Gasteiger partial charge < -0.3 is 28.5 Å². The number of phosphoric ester groups is 1. The highest BCUT2D eigenvalue weighted by Crippen LogP contribution is 2.38. The van der Waals surface area contributed by atoms with E-state index in [1.54, 1.807) is 0 Å². The fourth-order valence-electron chi connectivity index (χ4n) is 8.40. The SMILES string of the molecule is CC/C=C\C/C=C\C/C=C\C/C=C\C/C=C\C/C=C\CCC(=O)NC(COP(=O)([O-])OCC[N+](C)(C)C)C(/C=C/CCCCCCCCCCC)OC(=O)CCCCCCCCCCCCC/C=C\C/C=C\CCCCC. The van der Waals surface area contributed by atoms with Crippen molar-refractivity contribution in [2.45, 2.75) is 264 Å². The number of rotatable bonds is 55. The summed E-state index contributed by atoms with van der Waals surface area (Å²) in [7, 11) is 1.13. The topological polar surface area (TPSA) is 114 Å². The number of unbranched alkanes of at least 4 members (excludes halogenated alkanes) is 23. The van der Waals surface area contributed by atoms with Gasteiger partial charge in [-0.15, -0.1) is 0 Å². The van der Waals surface area contributed by atoms with E-state index in [0.717, 1.165) is 83.5 Å². The third-order valence-corrected chi connectivity index (χ3v) is 14.2. The van der Waals surface area contributed by atoms with Gasteiger partial charge in [0.05, 0.1) is 33.8 Å². The van der Waals surface area contributed by atoms with Crippen molar-refractivity contribution in [2.24, 2.45) is 0 Å². The Morgan fingerprint density at radius 1 is 0.468 bits per heavy atom. The van der Waals surface area contributed by atoms with Crippen LogP contribution in [0.5, 0.6) is 0 Å². The first kappa shape index (κ1) is 73.7. The first-order valence-corrected chi connectivity index (χ1v) is 32.7. The van der Waals surface area contributed by atoms with Crippen LogP contribution in [-0.4, -0.2) is 69.4 Å². The van der Waals surface area contributed by atoms with Crippen LogP contribution in [0.25, 0.3) is 0 Å². The molecule has 77 heavy (non-hydrogen) atoms. The van der Waals surface area contributed by atoms with Crippen molar-refractivity contribution >= 4 is 19.7 Å². The minimum absolute atomic E-state index is 0.0411. The zero-order valence-corrected chi connectivity index (χ0v) is 51.3. The van der Waals surface area contributed by atoms with E-state index >= 15 is 0 Å². The number of phosphoric acid groups is 1. The summed E-state index contributed by atoms with van der Waals surface area (Å²) >= 11 is 0. The molecule has 0 bridgehead atoms. The van der Waals surface area contributed by atoms with E-state index in [9.17, 15) is 19.0 Å². The fourth-order valence-corrected chi connectivity index (χ4v) is 9.12. The summed E-state index contributed by atoms with van der Waals surface area (Å²) in [5.41, 5.74) is 0. The molecule has 0 aromatic heterocycles. The monoisotopic (exact) mass is 1090 g/mol. The molecule has 0 radical (unpaired) electrons. The first-order valence-electron chi connectivity index (χ1n) is 31.2. The Morgan fingerprint density at radius 3 is 1.30 bits per heavy atom. The van der Waals surface area contributed by atoms with Crippen LogP contribution in [0.2, 0.25) is 0 Å². The van der Waals surface area contributed by atoms with E-state index in [1.165, 1.54) is 122 Å². The second kappa shape index (κ2) is 56.0. The molecule has 10 heteroatoms. The van der Waals surface area contributed by atoms with Crippen molar-refractivity contribution in [1.29, 1.82) is 0 Å². The third kappa shape index (κ3) is 57.2. The Labute approximate surface area is 474 Å². The molecule has 0 heterocycles. The second-order valence-corrected chi connectivity index (χ2v) is 23.2. The van der Waals surface area contributed by atoms with Gasteiger partial charge >= 0.3 is 5.97 Å². The van der Waals surface area contributed by atoms with Gasteiger partial charge in [0.2, 0.25) is 5.91 Å². The maximum absolute atomic E-state index is 13.5. The maximum Gasteiger partial charge on any atom is 0.306 e. The molecule has 1 N–H and O–H groups in total. The van der Waals surface area contributed by atoms with Gasteiger partial charge in [0.15, 0.2) is 0 Å². The summed E-state index contributed by atoms with van der Waals surface area (Å²) in [5, 5.41) is 2.97. The number of amides is 1. The predicted molar refractivity (Wildman–Crippen MR) is 330 cm³/mol. The van der Waals surface area contributed by atoms with Gasteiger partial charge in [-0.2, -0.15) is 0 Å². The molecule has 0 aliphatic carbocycles. The fraction of sp³-hybridized carbons (Fsp3) is 0.701. The molecule has 0 aromatic rings. The van der Waals surface area contributed by atoms with Crippen molar-refractivity contribution < 1.29 is 37.3 Å². The lowest BCUT2D eigenvalue weighted by molar-refractivity contribution is -0.870. The van der Waals surface area contributed by atoms with Gasteiger partial charge in [0.1, 0.15) is 19.3 Å². The minimum Gasteiger partial charge on any atom is -0.756 e. The Kier molecular flexibility index (Phi) is 53.5. The quantitative estimate of drug-likeness (QED) is 0.0212. The number of nitrogens with zero attached hydrogens (tertiary/aromatic N) is 1. The van der Waals surface area contributed by atoms with Crippen LogP contribution in [-0.2, 0) is 27.9 Å². The van der Waals surface area contributed by atoms with Crippen LogP contribution in [0, 0.1) is 0 Å². The molecule has 0 saturated carbocycles. The number of allylic oxidation sites excluding steroid dienone is 17. The van der Waals surface area contributed by atoms with Gasteiger partial charge in [-0.25, -0.2) is 0 Å². The zero-order valence-electron chi connectivity index (χ0n) is 50.4. The van der Waals surface area contributed by atoms with Crippen molar-refractivity contribution in [2.75, 3.05) is 40.9 Å². The number of quaternary nitrogens is 1. The number of hydrogen-bond acceptors (Lipinski definition) is 7. The standard InChI is InChI=1S/C67H117N2O7P/c1-7-10-13-16-19-22-25-27-29-31-33-34-36-38-40-42-45-48-51-54-57-60-67(71)76-65(58-55-52-49-46-43-24-21-18-15-12-9-3)64(63-75-77(72,73)74-62-61-69(4,5)6)68-66(70)59-56-53-50-47-44-41-39-37-35-32-30-28-26-23-20-17-14-11-8-2/h11,14,19-20,22-23,27-30,35,37,41,44,50,53,55,58,64-65H,7-10,12-13,15-18,21,24-26,31-34,36,38-40,42-43,45-49,51-52,54,56-57,59-63H2,1-6H3,(H-,68,70,72,73)/b14-11-,22-19-,23-20-,29-27-,30-28-,37-35-,44-41-,53-50-,58-55+. The summed E-state index contributed by atoms with van der Waals surface area (Å²) < 4.78 is 30.2. The summed E-state index contributed by atoms with van der Waals surface area (Å²) in [4.78, 5) is 39.9. The summed E-state index contributed by atoms with van der Waals surface area (Å²) in [6.07, 6.45) is 76.5. The van der Waals surface area contributed by atoms with Crippen molar-refractivity contribution in [3.05, 3.63) is 109 Å². The molecule has 0 rings (SSSR count). The summed E-state index contributed by atoms with van der Waals surface area (Å²) in [6, 6.07) is -0.936. The number of esters is 1. The van der Waals surface area contributed by atoms with Gasteiger partial charge in [-0.1, -0.05) is 246 Å². The van der Waals surface area contributed by atoms with Crippen molar-refractivity contribution in [3.8, 4) is 0 Å². The lowest BCUT2D eigenvalue weighted by atomic mass is 10.0. The molecule has 9 nitrogen and oxygen atoms in total. The number of carbonyl (C=O) groups excluding carboxylic acids is 2. The maximum atomic E-state index is 13.5. The van der Waals surface area contributed by atoms with E-state index in [1.807, 2.05) is 45.4 Å². The largest absolute Gasteiger partial charge is 0.756 e. The molecule has 0 aliphatic heterocycles. The van der Waals surface area contributed by atoms with Gasteiger partial charge in [0.25, 0.3) is 7.82 Å². The van der Waals surface area contributed by atoms with Crippen LogP contribution >= 0.6 is 7.82 Å². The van der Waals surface area contributed by atoms with E-state index in [4.69, 9.17) is 13.8 Å². The molecular formula is C67H117N2O7P. The molecule has 0 aromatic carbocycles. The summed E-state index contributed by atoms with van der Waals surface area (Å²) in [5.74, 6) is -0.646. The summed E-state index contributed by atoms with van der Waals surface area (Å²) in [6.45, 7) is 6.63. The number of ether oxygens (including phenoxy) is 1. The first-order chi connectivity index (χ1) is 37.4. The molecule has 3 atom stereocenters. The predicted octanol–water partition coefficient (Wildman–Crippen LogP) is 18.7. The Hall–Kier alpha value is -3.33. The van der Waals surface area contributed by atoms with E-state index in [0.29, 0.717) is 23.9 Å². The lowest BCUT2D eigenvalue weighted by Gasteiger charge is -2.30. The van der Waals surface area contributed by atoms with Gasteiger partial charge in [-0.05, 0) is 102 Å². The third-order valence-electron chi connectivity index (χ3n) is 13.2. The minimum atomic E-state index is -4.72. The van der Waals surface area contributed by atoms with Crippen LogP contribution in [0.3, 0.4) is 0 Å². The molecule has 0 fully saturated rings. The highest BCUT2D eigenvalue weighted by molar-refractivity contribution is 7.45. The molecule has 0 spiro atoms. The molecule has 442 valence electrons. The molecule has 0 aliphatic rings. The molecule has 0 saturated heterocycles. The second-order valence-electron chi connectivity index (χ2n) is 21.8. The lowest BCUT2D eigenvalue weighted by Crippen LogP contribution is -2.47. The molecule has 1 amide bonds. The van der Waals surface area contributed by atoms with Gasteiger partial charge in [-0.3, -0.25) is 14.2 Å². The Bertz CT molecular complexity index is 1690. The van der Waals surface area contributed by atoms with Crippen LogP contribution in [0.15, 0.2) is 109 Å². The van der Waals surface area contributed by atoms with Crippen LogP contribution in [0.1, 0.15) is 252 Å². The van der Waals surface area contributed by atoms with Crippen LogP contribution in [0.4, 0.5) is 0 Å². The van der Waals surface area contributed by atoms with Gasteiger partial charge in [0, 0.05) is 12.8 Å². The average molecular weight is 1090 g/mol. The number of carbonyl (C=O) groups is 2. The Morgan fingerprint density at radius 2 is 0.844 bits per heavy atom. The van der Waals surface area contributed by atoms with E-state index in [2.05, 4.69) is 111 Å². The number of hydrogen-bond donors (Lipinski definition) is 1. The highest BCUT2D eigenvalue weighted by atomic mass is 31.2. The normalized spacial score (nSPS) is 14.4. The molecule has 3 unspecified atom stereocenters. The Balaban J connectivity index is 5.31. The molecular weight excluding hydrogens is 976 g/mol. The average Bonchev–Trinajstić information content (AvgIpc) is 3.39. The number of nitrogens with one attached hydrogen (secondary N) is 1. The van der Waals surface area contributed by atoms with E-state index in [-0.39, 0.29) is 31.3 Å². The van der Waals surface area contributed by atoms with E-state index < -0.39 is 26.6 Å². The highest BCUT2D eigenvalue weighted by Gasteiger charge is 2.27. The number of likely N-dealkylation sites (N-methyl/N-ethyl adjacent to an activating group) is 1. The smallest absolute Gasteiger partial charge is 0.306 e. The van der Waals surface area contributed by atoms with Crippen LogP contribution < -0.4 is 10.2 Å². The van der Waals surface area contributed by atoms with Crippen molar-refractivity contribution in [3.63, 3.8) is 0 Å². The zero-order chi connectivity index (χ0) is 56.4. The van der Waals surface area contributed by atoms with Crippen molar-refractivity contribution in [1.82, 2.24) is 5.32 Å².